The van der Waals surface area contributed by atoms with Crippen molar-refractivity contribution >= 4 is 46.4 Å². The van der Waals surface area contributed by atoms with Crippen LogP contribution in [0.25, 0.3) is 0 Å². The van der Waals surface area contributed by atoms with Crippen LogP contribution in [0.15, 0.2) is 57.4 Å². The molecule has 0 spiro atoms. The van der Waals surface area contributed by atoms with Crippen LogP contribution in [0.4, 0.5) is 0 Å². The molecule has 2 atom stereocenters. The van der Waals surface area contributed by atoms with Crippen LogP contribution >= 0.6 is 34.7 Å². The fraction of sp³-hybridized carbons (Fsp3) is 0.250. The van der Waals surface area contributed by atoms with Crippen LogP contribution in [0.2, 0.25) is 5.02 Å². The SMILES string of the molecule is COC(=O)C1C(C)=NC(SCc2ccc(Cl)cc2)=C(C#N)[C@@H]1c1cccs1. The van der Waals surface area contributed by atoms with Gasteiger partial charge in [-0.2, -0.15) is 5.26 Å². The number of carbonyl (C=O) groups is 1. The molecule has 0 radical (unpaired) electrons. The summed E-state index contributed by atoms with van der Waals surface area (Å²) in [5.41, 5.74) is 2.26. The van der Waals surface area contributed by atoms with Crippen molar-refractivity contribution in [2.45, 2.75) is 18.6 Å². The maximum absolute atomic E-state index is 12.4. The van der Waals surface area contributed by atoms with Gasteiger partial charge in [-0.15, -0.1) is 23.1 Å². The highest BCUT2D eigenvalue weighted by atomic mass is 35.5. The molecule has 0 bridgehead atoms. The molecule has 1 unspecified atom stereocenters. The second kappa shape index (κ2) is 8.75. The van der Waals surface area contributed by atoms with Crippen molar-refractivity contribution in [3.05, 3.63) is 67.8 Å². The highest BCUT2D eigenvalue weighted by Crippen LogP contribution is 2.44. The van der Waals surface area contributed by atoms with Gasteiger partial charge in [0.15, 0.2) is 0 Å². The average Bonchev–Trinajstić information content (AvgIpc) is 3.20. The predicted molar refractivity (Wildman–Crippen MR) is 111 cm³/mol. The standard InChI is InChI=1S/C20H17ClN2O2S2/c1-12-17(20(24)25-2)18(16-4-3-9-26-16)15(10-22)19(23-12)27-11-13-5-7-14(21)8-6-13/h3-9,17-18H,11H2,1-2H3/t17?,18-/m1/s1. The number of thiophene rings is 1. The van der Waals surface area contributed by atoms with E-state index in [4.69, 9.17) is 16.3 Å². The topological polar surface area (TPSA) is 62.4 Å². The number of allylic oxidation sites excluding steroid dienone is 1. The van der Waals surface area contributed by atoms with Crippen LogP contribution in [0.3, 0.4) is 0 Å². The molecule has 0 fully saturated rings. The Bertz CT molecular complexity index is 928. The van der Waals surface area contributed by atoms with Gasteiger partial charge in [0.05, 0.1) is 18.8 Å². The van der Waals surface area contributed by atoms with Crippen LogP contribution in [-0.2, 0) is 15.3 Å². The first-order chi connectivity index (χ1) is 13.0. The molecule has 0 saturated heterocycles. The van der Waals surface area contributed by atoms with E-state index in [1.54, 1.807) is 0 Å². The van der Waals surface area contributed by atoms with Gasteiger partial charge in [0, 0.05) is 27.3 Å². The summed E-state index contributed by atoms with van der Waals surface area (Å²) in [4.78, 5) is 18.0. The number of methoxy groups -OCH3 is 1. The van der Waals surface area contributed by atoms with Gasteiger partial charge in [0.25, 0.3) is 0 Å². The summed E-state index contributed by atoms with van der Waals surface area (Å²) in [5, 5.41) is 13.2. The zero-order chi connectivity index (χ0) is 19.4. The normalized spacial score (nSPS) is 19.4. The summed E-state index contributed by atoms with van der Waals surface area (Å²) in [6.45, 7) is 1.82. The van der Waals surface area contributed by atoms with Crippen molar-refractivity contribution in [1.29, 1.82) is 5.26 Å². The number of rotatable bonds is 5. The van der Waals surface area contributed by atoms with Crippen LogP contribution < -0.4 is 0 Å². The number of ether oxygens (including phenoxy) is 1. The number of hydrogen-bond donors (Lipinski definition) is 0. The van der Waals surface area contributed by atoms with Crippen LogP contribution in [0, 0.1) is 17.2 Å². The summed E-state index contributed by atoms with van der Waals surface area (Å²) in [5.74, 6) is -0.658. The molecule has 7 heteroatoms. The summed E-state index contributed by atoms with van der Waals surface area (Å²) < 4.78 is 4.99. The second-order valence-corrected chi connectivity index (χ2v) is 8.37. The molecular weight excluding hydrogens is 400 g/mol. The number of thioether (sulfide) groups is 1. The Labute approximate surface area is 171 Å². The average molecular weight is 417 g/mol. The van der Waals surface area contributed by atoms with E-state index in [1.807, 2.05) is 48.7 Å². The Morgan fingerprint density at radius 3 is 2.70 bits per heavy atom. The van der Waals surface area contributed by atoms with Crippen LogP contribution in [0.1, 0.15) is 23.3 Å². The monoisotopic (exact) mass is 416 g/mol. The summed E-state index contributed by atoms with van der Waals surface area (Å²) in [7, 11) is 1.36. The van der Waals surface area contributed by atoms with Gasteiger partial charge in [0.2, 0.25) is 0 Å². The molecule has 4 nitrogen and oxygen atoms in total. The minimum Gasteiger partial charge on any atom is -0.468 e. The lowest BCUT2D eigenvalue weighted by atomic mass is 9.81. The molecule has 0 aliphatic carbocycles. The van der Waals surface area contributed by atoms with E-state index in [9.17, 15) is 10.1 Å². The minimum atomic E-state index is -0.580. The molecular formula is C20H17ClN2O2S2. The Morgan fingerprint density at radius 2 is 2.11 bits per heavy atom. The molecule has 0 amide bonds. The fourth-order valence-electron chi connectivity index (χ4n) is 3.00. The first-order valence-corrected chi connectivity index (χ1v) is 10.5. The van der Waals surface area contributed by atoms with E-state index in [2.05, 4.69) is 11.1 Å². The Hall–Kier alpha value is -2.07. The van der Waals surface area contributed by atoms with Gasteiger partial charge in [-0.25, -0.2) is 4.99 Å². The lowest BCUT2D eigenvalue weighted by Crippen LogP contribution is -2.33. The fourth-order valence-corrected chi connectivity index (χ4v) is 5.03. The molecule has 1 aromatic carbocycles. The van der Waals surface area contributed by atoms with Crippen molar-refractivity contribution < 1.29 is 9.53 Å². The van der Waals surface area contributed by atoms with E-state index >= 15 is 0 Å². The zero-order valence-electron chi connectivity index (χ0n) is 14.8. The minimum absolute atomic E-state index is 0.368. The van der Waals surface area contributed by atoms with Gasteiger partial charge >= 0.3 is 5.97 Å². The number of aliphatic imine (C=N–C) groups is 1. The Morgan fingerprint density at radius 1 is 1.37 bits per heavy atom. The lowest BCUT2D eigenvalue weighted by molar-refractivity contribution is -0.143. The quantitative estimate of drug-likeness (QED) is 0.610. The molecule has 2 aromatic rings. The van der Waals surface area contributed by atoms with Crippen molar-refractivity contribution in [2.24, 2.45) is 10.9 Å². The van der Waals surface area contributed by atoms with Gasteiger partial charge in [0.1, 0.15) is 10.9 Å². The molecule has 1 aromatic heterocycles. The Balaban J connectivity index is 1.97. The van der Waals surface area contributed by atoms with Crippen molar-refractivity contribution in [3.63, 3.8) is 0 Å². The van der Waals surface area contributed by atoms with Gasteiger partial charge in [-0.3, -0.25) is 4.79 Å². The summed E-state index contributed by atoms with van der Waals surface area (Å²) in [6, 6.07) is 13.8. The molecule has 138 valence electrons. The van der Waals surface area contributed by atoms with Crippen LogP contribution in [-0.4, -0.2) is 18.8 Å². The third-order valence-electron chi connectivity index (χ3n) is 4.32. The van der Waals surface area contributed by atoms with E-state index in [0.29, 0.717) is 27.1 Å². The number of carbonyl (C=O) groups excluding carboxylic acids is 1. The molecule has 1 aliphatic heterocycles. The maximum Gasteiger partial charge on any atom is 0.315 e. The van der Waals surface area contributed by atoms with Crippen molar-refractivity contribution in [3.8, 4) is 6.07 Å². The third-order valence-corrected chi connectivity index (χ3v) is 6.59. The molecule has 0 saturated carbocycles. The first kappa shape index (κ1) is 19.7. The zero-order valence-corrected chi connectivity index (χ0v) is 17.2. The van der Waals surface area contributed by atoms with Crippen molar-refractivity contribution in [2.75, 3.05) is 7.11 Å². The van der Waals surface area contributed by atoms with E-state index in [0.717, 1.165) is 10.4 Å². The van der Waals surface area contributed by atoms with Gasteiger partial charge in [-0.05, 0) is 36.1 Å². The summed E-state index contributed by atoms with van der Waals surface area (Å²) >= 11 is 8.96. The molecule has 1 aliphatic rings. The highest BCUT2D eigenvalue weighted by Gasteiger charge is 2.40. The largest absolute Gasteiger partial charge is 0.468 e. The highest BCUT2D eigenvalue weighted by molar-refractivity contribution is 8.02. The lowest BCUT2D eigenvalue weighted by Gasteiger charge is -2.28. The number of nitriles is 1. The van der Waals surface area contributed by atoms with E-state index in [-0.39, 0.29) is 11.9 Å². The second-order valence-electron chi connectivity index (χ2n) is 5.99. The Kier molecular flexibility index (Phi) is 6.38. The number of hydrogen-bond acceptors (Lipinski definition) is 6. The third kappa shape index (κ3) is 4.27. The van der Waals surface area contributed by atoms with Crippen LogP contribution in [0.5, 0.6) is 0 Å². The smallest absolute Gasteiger partial charge is 0.315 e. The molecule has 0 N–H and O–H groups in total. The number of halogens is 1. The molecule has 2 heterocycles. The molecule has 3 rings (SSSR count). The number of esters is 1. The van der Waals surface area contributed by atoms with Gasteiger partial charge in [-0.1, -0.05) is 29.8 Å². The maximum atomic E-state index is 12.4. The summed E-state index contributed by atoms with van der Waals surface area (Å²) in [6.07, 6.45) is 0. The predicted octanol–water partition coefficient (Wildman–Crippen LogP) is 5.42. The molecule has 27 heavy (non-hydrogen) atoms. The number of nitrogens with zero attached hydrogens (tertiary/aromatic N) is 2. The number of benzene rings is 1. The first-order valence-electron chi connectivity index (χ1n) is 8.23. The van der Waals surface area contributed by atoms with E-state index < -0.39 is 5.92 Å². The van der Waals surface area contributed by atoms with Gasteiger partial charge < -0.3 is 4.74 Å². The van der Waals surface area contributed by atoms with E-state index in [1.165, 1.54) is 30.2 Å². The van der Waals surface area contributed by atoms with Crippen molar-refractivity contribution in [1.82, 2.24) is 0 Å².